The minimum Gasteiger partial charge on any atom is -0.347 e. The van der Waals surface area contributed by atoms with Crippen molar-refractivity contribution in [3.05, 3.63) is 35.0 Å². The van der Waals surface area contributed by atoms with Crippen molar-refractivity contribution >= 4 is 16.7 Å². The van der Waals surface area contributed by atoms with Gasteiger partial charge in [0.1, 0.15) is 0 Å². The Morgan fingerprint density at radius 1 is 1.26 bits per heavy atom. The first-order valence-corrected chi connectivity index (χ1v) is 7.13. The minimum atomic E-state index is 0.241. The average molecular weight is 256 g/mol. The van der Waals surface area contributed by atoms with E-state index < -0.39 is 0 Å². The molecule has 19 heavy (non-hydrogen) atoms. The van der Waals surface area contributed by atoms with Crippen LogP contribution in [-0.4, -0.2) is 10.4 Å². The van der Waals surface area contributed by atoms with Crippen LogP contribution in [0.2, 0.25) is 0 Å². The van der Waals surface area contributed by atoms with E-state index in [1.165, 1.54) is 16.6 Å². The molecule has 0 spiro atoms. The van der Waals surface area contributed by atoms with E-state index in [1.807, 2.05) is 13.1 Å². The van der Waals surface area contributed by atoms with Gasteiger partial charge in [-0.25, -0.2) is 0 Å². The largest absolute Gasteiger partial charge is 0.347 e. The van der Waals surface area contributed by atoms with Crippen LogP contribution in [0.3, 0.4) is 0 Å². The van der Waals surface area contributed by atoms with E-state index in [1.54, 1.807) is 0 Å². The Morgan fingerprint density at radius 3 is 2.68 bits per heavy atom. The third-order valence-corrected chi connectivity index (χ3v) is 3.92. The molecule has 1 aliphatic heterocycles. The van der Waals surface area contributed by atoms with Gasteiger partial charge >= 0.3 is 0 Å². The van der Waals surface area contributed by atoms with Crippen LogP contribution in [0.25, 0.3) is 10.9 Å². The number of fused-ring (bicyclic) bond motifs is 2. The van der Waals surface area contributed by atoms with Gasteiger partial charge in [-0.15, -0.1) is 0 Å². The fourth-order valence-electron chi connectivity index (χ4n) is 2.92. The number of hydrogen-bond donors (Lipinski definition) is 1. The number of benzene rings is 1. The molecule has 0 atom stereocenters. The van der Waals surface area contributed by atoms with Gasteiger partial charge in [0, 0.05) is 48.7 Å². The number of nitrogens with one attached hydrogen (secondary N) is 1. The molecule has 1 aromatic heterocycles. The molecule has 0 saturated carbocycles. The standard InChI is InChI=1S/C16H20N2O/c1-3-5-18-10-14(16(19)4-2)13-6-11-8-17-9-12(11)7-15(13)18/h6-7,10,17H,3-5,8-9H2,1-2H3. The number of aryl methyl sites for hydroxylation is 1. The molecule has 0 radical (unpaired) electrons. The van der Waals surface area contributed by atoms with Crippen molar-refractivity contribution in [2.75, 3.05) is 0 Å². The van der Waals surface area contributed by atoms with Crippen LogP contribution in [0.1, 0.15) is 48.2 Å². The maximum atomic E-state index is 12.1. The first kappa shape index (κ1) is 12.4. The second-order valence-electron chi connectivity index (χ2n) is 5.25. The summed E-state index contributed by atoms with van der Waals surface area (Å²) in [4.78, 5) is 12.1. The molecule has 1 aromatic carbocycles. The summed E-state index contributed by atoms with van der Waals surface area (Å²) in [7, 11) is 0. The van der Waals surface area contributed by atoms with Gasteiger partial charge in [-0.2, -0.15) is 0 Å². The molecule has 0 unspecified atom stereocenters. The lowest BCUT2D eigenvalue weighted by Crippen LogP contribution is -2.00. The van der Waals surface area contributed by atoms with Gasteiger partial charge in [0.15, 0.2) is 5.78 Å². The highest BCUT2D eigenvalue weighted by Gasteiger charge is 2.18. The van der Waals surface area contributed by atoms with Crippen LogP contribution in [0.5, 0.6) is 0 Å². The second-order valence-corrected chi connectivity index (χ2v) is 5.25. The molecule has 0 bridgehead atoms. The fraction of sp³-hybridized carbons (Fsp3) is 0.438. The first-order valence-electron chi connectivity index (χ1n) is 7.13. The smallest absolute Gasteiger partial charge is 0.164 e. The van der Waals surface area contributed by atoms with Gasteiger partial charge in [-0.1, -0.05) is 13.8 Å². The van der Waals surface area contributed by atoms with E-state index >= 15 is 0 Å². The number of carbonyl (C=O) groups is 1. The number of rotatable bonds is 4. The molecule has 0 amide bonds. The molecule has 0 fully saturated rings. The first-order chi connectivity index (χ1) is 9.24. The predicted molar refractivity (Wildman–Crippen MR) is 77.4 cm³/mol. The zero-order valence-electron chi connectivity index (χ0n) is 11.6. The van der Waals surface area contributed by atoms with Crippen LogP contribution >= 0.6 is 0 Å². The van der Waals surface area contributed by atoms with Crippen molar-refractivity contribution in [3.63, 3.8) is 0 Å². The second kappa shape index (κ2) is 4.82. The van der Waals surface area contributed by atoms with Gasteiger partial charge in [-0.05, 0) is 29.7 Å². The Hall–Kier alpha value is -1.61. The lowest BCUT2D eigenvalue weighted by atomic mass is 10.0. The Kier molecular flexibility index (Phi) is 3.15. The summed E-state index contributed by atoms with van der Waals surface area (Å²) in [6.45, 7) is 6.94. The van der Waals surface area contributed by atoms with Crippen LogP contribution in [0, 0.1) is 0 Å². The lowest BCUT2D eigenvalue weighted by Gasteiger charge is -2.04. The van der Waals surface area contributed by atoms with Crippen molar-refractivity contribution < 1.29 is 4.79 Å². The maximum Gasteiger partial charge on any atom is 0.164 e. The molecule has 3 rings (SSSR count). The average Bonchev–Trinajstić information content (AvgIpc) is 3.01. The van der Waals surface area contributed by atoms with Crippen molar-refractivity contribution in [2.24, 2.45) is 0 Å². The van der Waals surface area contributed by atoms with Crippen LogP contribution < -0.4 is 5.32 Å². The van der Waals surface area contributed by atoms with Crippen molar-refractivity contribution in [3.8, 4) is 0 Å². The molecular formula is C16H20N2O. The van der Waals surface area contributed by atoms with E-state index in [9.17, 15) is 4.79 Å². The molecule has 1 aliphatic rings. The maximum absolute atomic E-state index is 12.1. The lowest BCUT2D eigenvalue weighted by molar-refractivity contribution is 0.0989. The molecule has 3 heteroatoms. The van der Waals surface area contributed by atoms with Crippen molar-refractivity contribution in [1.82, 2.24) is 9.88 Å². The van der Waals surface area contributed by atoms with Gasteiger partial charge in [0.25, 0.3) is 0 Å². The van der Waals surface area contributed by atoms with Crippen LogP contribution in [0.4, 0.5) is 0 Å². The molecule has 2 aromatic rings. The molecule has 2 heterocycles. The number of nitrogens with zero attached hydrogens (tertiary/aromatic N) is 1. The van der Waals surface area contributed by atoms with Gasteiger partial charge in [0.05, 0.1) is 0 Å². The topological polar surface area (TPSA) is 34.0 Å². The fourth-order valence-corrected chi connectivity index (χ4v) is 2.92. The highest BCUT2D eigenvalue weighted by atomic mass is 16.1. The quantitative estimate of drug-likeness (QED) is 0.852. The Balaban J connectivity index is 2.23. The number of carbonyl (C=O) groups excluding carboxylic acids is 1. The highest BCUT2D eigenvalue weighted by Crippen LogP contribution is 2.28. The van der Waals surface area contributed by atoms with E-state index in [0.29, 0.717) is 6.42 Å². The third-order valence-electron chi connectivity index (χ3n) is 3.92. The summed E-state index contributed by atoms with van der Waals surface area (Å²) in [5.74, 6) is 0.241. The van der Waals surface area contributed by atoms with Crippen LogP contribution in [0.15, 0.2) is 18.3 Å². The van der Waals surface area contributed by atoms with E-state index in [4.69, 9.17) is 0 Å². The van der Waals surface area contributed by atoms with E-state index in [0.717, 1.165) is 37.0 Å². The summed E-state index contributed by atoms with van der Waals surface area (Å²) in [5, 5.41) is 4.50. The summed E-state index contributed by atoms with van der Waals surface area (Å²) in [6.07, 6.45) is 3.70. The predicted octanol–water partition coefficient (Wildman–Crippen LogP) is 3.25. The molecule has 0 aliphatic carbocycles. The zero-order valence-corrected chi connectivity index (χ0v) is 11.6. The summed E-state index contributed by atoms with van der Waals surface area (Å²) in [5.41, 5.74) is 4.81. The van der Waals surface area contributed by atoms with E-state index in [-0.39, 0.29) is 5.78 Å². The van der Waals surface area contributed by atoms with Gasteiger partial charge in [-0.3, -0.25) is 4.79 Å². The minimum absolute atomic E-state index is 0.241. The van der Waals surface area contributed by atoms with Crippen molar-refractivity contribution in [2.45, 2.75) is 46.3 Å². The SMILES string of the molecule is CCCn1cc(C(=O)CC)c2cc3c(cc21)CNC3. The third kappa shape index (κ3) is 1.98. The Morgan fingerprint density at radius 2 is 2.00 bits per heavy atom. The molecule has 0 saturated heterocycles. The van der Waals surface area contributed by atoms with Gasteiger partial charge in [0.2, 0.25) is 0 Å². The highest BCUT2D eigenvalue weighted by molar-refractivity contribution is 6.08. The summed E-state index contributed by atoms with van der Waals surface area (Å²) < 4.78 is 2.23. The monoisotopic (exact) mass is 256 g/mol. The number of ketones is 1. The number of aromatic nitrogens is 1. The normalized spacial score (nSPS) is 14.0. The summed E-state index contributed by atoms with van der Waals surface area (Å²) in [6, 6.07) is 4.46. The van der Waals surface area contributed by atoms with E-state index in [2.05, 4.69) is 28.9 Å². The number of Topliss-reactive ketones (excluding diaryl/α,β-unsaturated/α-hetero) is 1. The molecular weight excluding hydrogens is 236 g/mol. The molecule has 100 valence electrons. The molecule has 3 nitrogen and oxygen atoms in total. The van der Waals surface area contributed by atoms with Crippen LogP contribution in [-0.2, 0) is 19.6 Å². The van der Waals surface area contributed by atoms with Crippen molar-refractivity contribution in [1.29, 1.82) is 0 Å². The molecule has 1 N–H and O–H groups in total. The Labute approximate surface area is 113 Å². The zero-order chi connectivity index (χ0) is 13.4. The van der Waals surface area contributed by atoms with Gasteiger partial charge < -0.3 is 9.88 Å². The Bertz CT molecular complexity index is 640. The number of hydrogen-bond acceptors (Lipinski definition) is 2. The summed E-state index contributed by atoms with van der Waals surface area (Å²) >= 11 is 0.